The number of pyridine rings is 1. The van der Waals surface area contributed by atoms with Crippen LogP contribution in [0.3, 0.4) is 0 Å². The van der Waals surface area contributed by atoms with E-state index in [1.54, 1.807) is 42.5 Å². The standard InChI is InChI=1S/C20H17F3N2O2.C3H8/c1-4-5-13-10-14(6-7-15(13)12(2)26)16-8-9-19(27-3)25-17(16)11-18(24-25)20(21,22)23;1-3-2/h4-11H,1-3H3;3H2,1-2H3/b5-4-;. The number of hydrogen-bond acceptors (Lipinski definition) is 3. The van der Waals surface area contributed by atoms with E-state index in [0.717, 1.165) is 10.6 Å². The van der Waals surface area contributed by atoms with Crippen molar-refractivity contribution in [3.8, 4) is 17.0 Å². The van der Waals surface area contributed by atoms with Gasteiger partial charge in [-0.2, -0.15) is 22.8 Å². The van der Waals surface area contributed by atoms with E-state index in [-0.39, 0.29) is 17.2 Å². The van der Waals surface area contributed by atoms with Crippen molar-refractivity contribution in [2.75, 3.05) is 7.11 Å². The summed E-state index contributed by atoms with van der Waals surface area (Å²) >= 11 is 0. The van der Waals surface area contributed by atoms with Gasteiger partial charge < -0.3 is 4.74 Å². The van der Waals surface area contributed by atoms with Gasteiger partial charge in [0.25, 0.3) is 0 Å². The molecule has 0 amide bonds. The normalized spacial score (nSPS) is 11.5. The number of Topliss-reactive ketones (excluding diaryl/α,β-unsaturated/α-hetero) is 1. The molecule has 0 spiro atoms. The fraction of sp³-hybridized carbons (Fsp3) is 0.304. The zero-order valence-electron chi connectivity index (χ0n) is 17.7. The molecule has 3 rings (SSSR count). The second kappa shape index (κ2) is 9.61. The number of halogens is 3. The van der Waals surface area contributed by atoms with Crippen molar-refractivity contribution in [3.63, 3.8) is 0 Å². The van der Waals surface area contributed by atoms with Crippen molar-refractivity contribution in [1.29, 1.82) is 0 Å². The van der Waals surface area contributed by atoms with Gasteiger partial charge in [-0.25, -0.2) is 0 Å². The monoisotopic (exact) mass is 418 g/mol. The minimum Gasteiger partial charge on any atom is -0.481 e. The van der Waals surface area contributed by atoms with E-state index in [1.807, 2.05) is 6.92 Å². The van der Waals surface area contributed by atoms with E-state index in [2.05, 4.69) is 18.9 Å². The molecule has 0 saturated heterocycles. The minimum absolute atomic E-state index is 0.0850. The van der Waals surface area contributed by atoms with Crippen LogP contribution in [0.4, 0.5) is 13.2 Å². The fourth-order valence-electron chi connectivity index (χ4n) is 2.96. The van der Waals surface area contributed by atoms with Crippen molar-refractivity contribution in [2.45, 2.75) is 40.3 Å². The van der Waals surface area contributed by atoms with Gasteiger partial charge in [-0.15, -0.1) is 0 Å². The number of carbonyl (C=O) groups is 1. The Hall–Kier alpha value is -3.09. The summed E-state index contributed by atoms with van der Waals surface area (Å²) in [6, 6.07) is 9.40. The topological polar surface area (TPSA) is 43.6 Å². The van der Waals surface area contributed by atoms with Crippen LogP contribution in [0.15, 0.2) is 42.5 Å². The summed E-state index contributed by atoms with van der Waals surface area (Å²) in [6.45, 7) is 7.55. The van der Waals surface area contributed by atoms with Crippen molar-refractivity contribution < 1.29 is 22.7 Å². The van der Waals surface area contributed by atoms with Crippen LogP contribution >= 0.6 is 0 Å². The maximum Gasteiger partial charge on any atom is 0.435 e. The predicted octanol–water partition coefficient (Wildman–Crippen LogP) is 6.68. The summed E-state index contributed by atoms with van der Waals surface area (Å²) in [6.07, 6.45) is 0.275. The highest BCUT2D eigenvalue weighted by molar-refractivity contribution is 5.98. The summed E-state index contributed by atoms with van der Waals surface area (Å²) < 4.78 is 45.7. The van der Waals surface area contributed by atoms with Gasteiger partial charge in [-0.1, -0.05) is 44.6 Å². The average molecular weight is 418 g/mol. The Morgan fingerprint density at radius 3 is 2.37 bits per heavy atom. The van der Waals surface area contributed by atoms with Gasteiger partial charge in [0.15, 0.2) is 11.5 Å². The number of aromatic nitrogens is 2. The Morgan fingerprint density at radius 1 is 1.17 bits per heavy atom. The van der Waals surface area contributed by atoms with Gasteiger partial charge in [-0.05, 0) is 43.2 Å². The molecular formula is C23H25F3N2O2. The van der Waals surface area contributed by atoms with Crippen LogP contribution in [0.5, 0.6) is 5.88 Å². The molecule has 0 saturated carbocycles. The zero-order chi connectivity index (χ0) is 22.5. The van der Waals surface area contributed by atoms with Gasteiger partial charge in [0.2, 0.25) is 5.88 Å². The number of hydrogen-bond donors (Lipinski definition) is 0. The molecule has 30 heavy (non-hydrogen) atoms. The molecule has 0 atom stereocenters. The Labute approximate surface area is 174 Å². The fourth-order valence-corrected chi connectivity index (χ4v) is 2.96. The van der Waals surface area contributed by atoms with Crippen LogP contribution < -0.4 is 4.74 Å². The second-order valence-electron chi connectivity index (χ2n) is 6.68. The van der Waals surface area contributed by atoms with Gasteiger partial charge in [0, 0.05) is 17.2 Å². The molecule has 2 aromatic heterocycles. The number of allylic oxidation sites excluding steroid dienone is 1. The number of benzene rings is 1. The largest absolute Gasteiger partial charge is 0.481 e. The Balaban J connectivity index is 0.00000101. The number of carbonyl (C=O) groups excluding carboxylic acids is 1. The molecule has 0 radical (unpaired) electrons. The average Bonchev–Trinajstić information content (AvgIpc) is 3.14. The van der Waals surface area contributed by atoms with Crippen LogP contribution in [-0.4, -0.2) is 22.5 Å². The molecule has 1 aromatic carbocycles. The molecule has 0 aliphatic heterocycles. The molecule has 7 heteroatoms. The molecule has 3 aromatic rings. The summed E-state index contributed by atoms with van der Waals surface area (Å²) in [7, 11) is 1.37. The molecule has 0 bridgehead atoms. The maximum atomic E-state index is 13.1. The summed E-state index contributed by atoms with van der Waals surface area (Å²) in [5.74, 6) is 0.108. The lowest BCUT2D eigenvalue weighted by molar-refractivity contribution is -0.141. The van der Waals surface area contributed by atoms with Crippen molar-refractivity contribution >= 4 is 17.4 Å². The molecule has 160 valence electrons. The SMILES string of the molecule is C/C=C\c1cc(-c2ccc(OC)n3nc(C(F)(F)F)cc23)ccc1C(C)=O.CCC. The van der Waals surface area contributed by atoms with Gasteiger partial charge in [0.05, 0.1) is 12.6 Å². The number of fused-ring (bicyclic) bond motifs is 1. The molecule has 2 heterocycles. The lowest BCUT2D eigenvalue weighted by Gasteiger charge is -2.10. The Bertz CT molecular complexity index is 1070. The first-order chi connectivity index (χ1) is 14.2. The highest BCUT2D eigenvalue weighted by Crippen LogP contribution is 2.35. The number of rotatable bonds is 4. The first-order valence-corrected chi connectivity index (χ1v) is 9.59. The molecule has 4 nitrogen and oxygen atoms in total. The number of ether oxygens (including phenoxy) is 1. The van der Waals surface area contributed by atoms with E-state index < -0.39 is 11.9 Å². The summed E-state index contributed by atoms with van der Waals surface area (Å²) in [4.78, 5) is 11.8. The lowest BCUT2D eigenvalue weighted by Crippen LogP contribution is -2.06. The minimum atomic E-state index is -4.57. The number of ketones is 1. The third kappa shape index (κ3) is 4.90. The van der Waals surface area contributed by atoms with Crippen LogP contribution in [-0.2, 0) is 6.18 Å². The summed E-state index contributed by atoms with van der Waals surface area (Å²) in [5.41, 5.74) is 1.75. The Morgan fingerprint density at radius 2 is 1.83 bits per heavy atom. The van der Waals surface area contributed by atoms with E-state index in [0.29, 0.717) is 22.3 Å². The maximum absolute atomic E-state index is 13.1. The number of alkyl halides is 3. The predicted molar refractivity (Wildman–Crippen MR) is 113 cm³/mol. The first kappa shape index (κ1) is 23.2. The quantitative estimate of drug-likeness (QED) is 0.444. The molecule has 0 aliphatic rings. The van der Waals surface area contributed by atoms with E-state index in [4.69, 9.17) is 4.74 Å². The van der Waals surface area contributed by atoms with E-state index in [9.17, 15) is 18.0 Å². The third-order valence-electron chi connectivity index (χ3n) is 4.17. The highest BCUT2D eigenvalue weighted by atomic mass is 19.4. The lowest BCUT2D eigenvalue weighted by atomic mass is 9.97. The van der Waals surface area contributed by atoms with Gasteiger partial charge in [-0.3, -0.25) is 4.79 Å². The van der Waals surface area contributed by atoms with Crippen LogP contribution in [0.2, 0.25) is 0 Å². The zero-order valence-corrected chi connectivity index (χ0v) is 17.7. The van der Waals surface area contributed by atoms with Gasteiger partial charge in [0.1, 0.15) is 0 Å². The second-order valence-corrected chi connectivity index (χ2v) is 6.68. The molecule has 0 fully saturated rings. The first-order valence-electron chi connectivity index (χ1n) is 9.59. The van der Waals surface area contributed by atoms with E-state index >= 15 is 0 Å². The van der Waals surface area contributed by atoms with Crippen molar-refractivity contribution in [3.05, 3.63) is 59.3 Å². The Kier molecular flexibility index (Phi) is 7.43. The summed E-state index contributed by atoms with van der Waals surface area (Å²) in [5, 5.41) is 3.64. The van der Waals surface area contributed by atoms with Crippen LogP contribution in [0.1, 0.15) is 55.7 Å². The molecule has 0 unspecified atom stereocenters. The number of nitrogens with zero attached hydrogens (tertiary/aromatic N) is 2. The molecular weight excluding hydrogens is 393 g/mol. The molecule has 0 aliphatic carbocycles. The third-order valence-corrected chi connectivity index (χ3v) is 4.17. The van der Waals surface area contributed by atoms with E-state index in [1.165, 1.54) is 20.5 Å². The molecule has 0 N–H and O–H groups in total. The van der Waals surface area contributed by atoms with Crippen LogP contribution in [0.25, 0.3) is 22.7 Å². The number of methoxy groups -OCH3 is 1. The van der Waals surface area contributed by atoms with Crippen molar-refractivity contribution in [1.82, 2.24) is 9.61 Å². The smallest absolute Gasteiger partial charge is 0.435 e. The highest BCUT2D eigenvalue weighted by Gasteiger charge is 2.34. The van der Waals surface area contributed by atoms with Crippen LogP contribution in [0, 0.1) is 0 Å². The van der Waals surface area contributed by atoms with Gasteiger partial charge >= 0.3 is 6.18 Å². The van der Waals surface area contributed by atoms with Crippen molar-refractivity contribution in [2.24, 2.45) is 0 Å².